The van der Waals surface area contributed by atoms with Gasteiger partial charge in [-0.3, -0.25) is 9.59 Å². The van der Waals surface area contributed by atoms with Crippen LogP contribution in [0.4, 0.5) is 8.78 Å². The fraction of sp³-hybridized carbons (Fsp3) is 0.167. The summed E-state index contributed by atoms with van der Waals surface area (Å²) in [7, 11) is 0. The number of aryl methyl sites for hydroxylation is 1. The minimum atomic E-state index is -0.894. The van der Waals surface area contributed by atoms with E-state index in [9.17, 15) is 18.4 Å². The number of carbonyl (C=O) groups is 1. The monoisotopic (exact) mass is 482 g/mol. The molecular weight excluding hydrogens is 462 g/mol. The number of aromatic nitrogens is 3. The number of hydrogen-bond acceptors (Lipinski definition) is 6. The van der Waals surface area contributed by atoms with Gasteiger partial charge in [-0.15, -0.1) is 11.3 Å². The number of nitrogens with one attached hydrogen (secondary N) is 1. The zero-order valence-electron chi connectivity index (χ0n) is 18.1. The van der Waals surface area contributed by atoms with Gasteiger partial charge in [0.25, 0.3) is 11.5 Å². The Balaban J connectivity index is 1.38. The van der Waals surface area contributed by atoms with Crippen molar-refractivity contribution < 1.29 is 18.3 Å². The zero-order chi connectivity index (χ0) is 24.1. The number of nitrogens with zero attached hydrogens (tertiary/aromatic N) is 3. The molecule has 4 rings (SSSR count). The molecule has 0 spiro atoms. The van der Waals surface area contributed by atoms with Gasteiger partial charge in [-0.05, 0) is 25.1 Å². The van der Waals surface area contributed by atoms with Crippen molar-refractivity contribution in [3.8, 4) is 26.9 Å². The van der Waals surface area contributed by atoms with Crippen LogP contribution in [0.5, 0.6) is 5.75 Å². The first-order valence-corrected chi connectivity index (χ1v) is 11.2. The fourth-order valence-corrected chi connectivity index (χ4v) is 4.19. The number of carbonyl (C=O) groups excluding carboxylic acids is 1. The van der Waals surface area contributed by atoms with Crippen LogP contribution in [-0.4, -0.2) is 33.8 Å². The summed E-state index contributed by atoms with van der Waals surface area (Å²) in [6.07, 6.45) is 0. The minimum Gasteiger partial charge on any atom is -0.481 e. The van der Waals surface area contributed by atoms with Crippen LogP contribution in [0, 0.1) is 18.6 Å². The Hall–Kier alpha value is -3.92. The number of benzene rings is 2. The molecule has 2 aromatic carbocycles. The molecule has 174 valence electrons. The number of halogens is 2. The second-order valence-electron chi connectivity index (χ2n) is 7.29. The fourth-order valence-electron chi connectivity index (χ4n) is 3.16. The van der Waals surface area contributed by atoms with Gasteiger partial charge in [-0.25, -0.2) is 18.4 Å². The first-order chi connectivity index (χ1) is 16.4. The van der Waals surface area contributed by atoms with Crippen LogP contribution in [0.15, 0.2) is 65.5 Å². The highest BCUT2D eigenvalue weighted by Crippen LogP contribution is 2.33. The molecule has 0 radical (unpaired) electrons. The first-order valence-electron chi connectivity index (χ1n) is 10.4. The number of thiazole rings is 1. The maximum Gasteiger partial charge on any atom is 0.266 e. The molecule has 0 fully saturated rings. The second-order valence-corrected chi connectivity index (χ2v) is 8.29. The van der Waals surface area contributed by atoms with Crippen molar-refractivity contribution in [1.82, 2.24) is 20.1 Å². The van der Waals surface area contributed by atoms with E-state index < -0.39 is 24.1 Å². The Morgan fingerprint density at radius 2 is 1.91 bits per heavy atom. The maximum absolute atomic E-state index is 13.6. The topological polar surface area (TPSA) is 86.1 Å². The molecule has 34 heavy (non-hydrogen) atoms. The van der Waals surface area contributed by atoms with Gasteiger partial charge >= 0.3 is 0 Å². The highest BCUT2D eigenvalue weighted by Gasteiger charge is 2.14. The summed E-state index contributed by atoms with van der Waals surface area (Å²) in [5.41, 5.74) is 2.10. The molecule has 1 N–H and O–H groups in total. The average molecular weight is 483 g/mol. The van der Waals surface area contributed by atoms with Gasteiger partial charge < -0.3 is 10.1 Å². The maximum atomic E-state index is 13.6. The Morgan fingerprint density at radius 3 is 2.68 bits per heavy atom. The van der Waals surface area contributed by atoms with Crippen molar-refractivity contribution in [3.05, 3.63) is 88.3 Å². The molecule has 0 aliphatic carbocycles. The third-order valence-electron chi connectivity index (χ3n) is 4.82. The third-order valence-corrected chi connectivity index (χ3v) is 6.04. The van der Waals surface area contributed by atoms with Crippen LogP contribution in [0.3, 0.4) is 0 Å². The third kappa shape index (κ3) is 5.52. The van der Waals surface area contributed by atoms with E-state index in [-0.39, 0.29) is 24.4 Å². The van der Waals surface area contributed by atoms with Gasteiger partial charge in [0.05, 0.1) is 17.1 Å². The van der Waals surface area contributed by atoms with E-state index in [1.165, 1.54) is 22.1 Å². The van der Waals surface area contributed by atoms with Gasteiger partial charge in [0, 0.05) is 24.2 Å². The van der Waals surface area contributed by atoms with Gasteiger partial charge in [-0.2, -0.15) is 5.10 Å². The van der Waals surface area contributed by atoms with Gasteiger partial charge in [0.15, 0.2) is 18.2 Å². The van der Waals surface area contributed by atoms with Gasteiger partial charge in [0.2, 0.25) is 0 Å². The molecule has 2 heterocycles. The summed E-state index contributed by atoms with van der Waals surface area (Å²) in [6, 6.07) is 15.7. The smallest absolute Gasteiger partial charge is 0.266 e. The summed E-state index contributed by atoms with van der Waals surface area (Å²) < 4.78 is 32.8. The lowest BCUT2D eigenvalue weighted by molar-refractivity contribution is -0.123. The second kappa shape index (κ2) is 10.3. The van der Waals surface area contributed by atoms with Crippen LogP contribution in [0.1, 0.15) is 5.69 Å². The number of rotatable bonds is 8. The van der Waals surface area contributed by atoms with E-state index in [2.05, 4.69) is 15.4 Å². The standard InChI is InChI=1S/C24H20F2N4O3S/c1-15-23(34-24(28-15)16-5-3-2-4-6-16)19-8-10-22(32)30(29-19)12-11-27-21(31)14-33-20-9-7-17(25)13-18(20)26/h2-10,13H,11-12,14H2,1H3,(H,27,31). The lowest BCUT2D eigenvalue weighted by Gasteiger charge is -2.09. The molecule has 0 atom stereocenters. The van der Waals surface area contributed by atoms with Gasteiger partial charge in [0.1, 0.15) is 16.5 Å². The molecule has 7 nitrogen and oxygen atoms in total. The van der Waals surface area contributed by atoms with Crippen LogP contribution < -0.4 is 15.6 Å². The Bertz CT molecular complexity index is 1370. The SMILES string of the molecule is Cc1nc(-c2ccccc2)sc1-c1ccc(=O)n(CCNC(=O)COc2ccc(F)cc2F)n1. The Labute approximate surface area is 197 Å². The Kier molecular flexibility index (Phi) is 7.07. The molecule has 0 aliphatic rings. The quantitative estimate of drug-likeness (QED) is 0.413. The van der Waals surface area contributed by atoms with Crippen molar-refractivity contribution in [2.45, 2.75) is 13.5 Å². The largest absolute Gasteiger partial charge is 0.481 e. The van der Waals surface area contributed by atoms with E-state index in [1.807, 2.05) is 37.3 Å². The molecule has 4 aromatic rings. The average Bonchev–Trinajstić information content (AvgIpc) is 3.22. The molecule has 10 heteroatoms. The number of hydrogen-bond donors (Lipinski definition) is 1. The summed E-state index contributed by atoms with van der Waals surface area (Å²) in [5.74, 6) is -2.37. The van der Waals surface area contributed by atoms with E-state index in [0.29, 0.717) is 11.8 Å². The van der Waals surface area contributed by atoms with Crippen molar-refractivity contribution in [2.24, 2.45) is 0 Å². The van der Waals surface area contributed by atoms with Crippen molar-refractivity contribution in [2.75, 3.05) is 13.2 Å². The summed E-state index contributed by atoms with van der Waals surface area (Å²) in [6.45, 7) is 1.68. The van der Waals surface area contributed by atoms with Crippen molar-refractivity contribution >= 4 is 17.2 Å². The van der Waals surface area contributed by atoms with E-state index in [4.69, 9.17) is 4.74 Å². The first kappa shape index (κ1) is 23.2. The molecule has 0 saturated heterocycles. The molecule has 1 amide bonds. The van der Waals surface area contributed by atoms with E-state index >= 15 is 0 Å². The van der Waals surface area contributed by atoms with Gasteiger partial charge in [-0.1, -0.05) is 30.3 Å². The summed E-state index contributed by atoms with van der Waals surface area (Å²) in [5, 5.41) is 7.87. The number of ether oxygens (including phenoxy) is 1. The predicted molar refractivity (Wildman–Crippen MR) is 125 cm³/mol. The molecule has 0 saturated carbocycles. The predicted octanol–water partition coefficient (Wildman–Crippen LogP) is 3.82. The van der Waals surface area contributed by atoms with Crippen LogP contribution in [0.25, 0.3) is 21.1 Å². The van der Waals surface area contributed by atoms with Crippen molar-refractivity contribution in [3.63, 3.8) is 0 Å². The summed E-state index contributed by atoms with van der Waals surface area (Å²) >= 11 is 1.49. The normalized spacial score (nSPS) is 10.8. The number of amides is 1. The molecular formula is C24H20F2N4O3S. The highest BCUT2D eigenvalue weighted by atomic mass is 32.1. The van der Waals surface area contributed by atoms with E-state index in [1.54, 1.807) is 6.07 Å². The van der Waals surface area contributed by atoms with Crippen LogP contribution in [0.2, 0.25) is 0 Å². The summed E-state index contributed by atoms with van der Waals surface area (Å²) in [4.78, 5) is 29.7. The molecule has 2 aromatic heterocycles. The Morgan fingerprint density at radius 1 is 1.12 bits per heavy atom. The lowest BCUT2D eigenvalue weighted by atomic mass is 10.2. The lowest BCUT2D eigenvalue weighted by Crippen LogP contribution is -2.34. The van der Waals surface area contributed by atoms with E-state index in [0.717, 1.165) is 33.3 Å². The van der Waals surface area contributed by atoms with Crippen LogP contribution in [-0.2, 0) is 11.3 Å². The highest BCUT2D eigenvalue weighted by molar-refractivity contribution is 7.18. The van der Waals surface area contributed by atoms with Crippen molar-refractivity contribution in [1.29, 1.82) is 0 Å². The molecule has 0 unspecified atom stereocenters. The van der Waals surface area contributed by atoms with Crippen LogP contribution >= 0.6 is 11.3 Å². The molecule has 0 aliphatic heterocycles. The zero-order valence-corrected chi connectivity index (χ0v) is 18.9. The molecule has 0 bridgehead atoms. The minimum absolute atomic E-state index is 0.112.